The molecule has 0 aromatic heterocycles. The van der Waals surface area contributed by atoms with Crippen LogP contribution in [0.3, 0.4) is 0 Å². The summed E-state index contributed by atoms with van der Waals surface area (Å²) in [5, 5.41) is 5.18. The Balaban J connectivity index is 2.75. The van der Waals surface area contributed by atoms with Crippen molar-refractivity contribution in [1.82, 2.24) is 5.32 Å². The number of halogens is 4. The van der Waals surface area contributed by atoms with E-state index in [0.29, 0.717) is 5.69 Å². The van der Waals surface area contributed by atoms with Gasteiger partial charge < -0.3 is 15.4 Å². The molecule has 4 nitrogen and oxygen atoms in total. The molecule has 0 fully saturated rings. The molecule has 0 heterocycles. The fourth-order valence-electron chi connectivity index (χ4n) is 1.29. The summed E-state index contributed by atoms with van der Waals surface area (Å²) in [4.78, 5) is 11.6. The number of carbonyl (C=O) groups is 1. The first-order valence-corrected chi connectivity index (χ1v) is 6.40. The highest BCUT2D eigenvalue weighted by atomic mass is 79.9. The highest BCUT2D eigenvalue weighted by Gasteiger charge is 2.32. The van der Waals surface area contributed by atoms with E-state index in [4.69, 9.17) is 0 Å². The van der Waals surface area contributed by atoms with E-state index in [0.717, 1.165) is 6.07 Å². The van der Waals surface area contributed by atoms with Crippen LogP contribution in [0, 0.1) is 0 Å². The van der Waals surface area contributed by atoms with Crippen molar-refractivity contribution < 1.29 is 22.7 Å². The molecule has 0 radical (unpaired) electrons. The fraction of sp³-hybridized carbons (Fsp3) is 0.417. The van der Waals surface area contributed by atoms with Crippen LogP contribution >= 0.6 is 15.9 Å². The maximum atomic E-state index is 12.1. The Hall–Kier alpha value is -1.44. The normalized spacial score (nSPS) is 11.9. The van der Waals surface area contributed by atoms with Crippen molar-refractivity contribution in [3.8, 4) is 5.75 Å². The molecule has 0 saturated carbocycles. The summed E-state index contributed by atoms with van der Waals surface area (Å²) in [6, 6.07) is 3.30. The summed E-state index contributed by atoms with van der Waals surface area (Å²) in [6.45, 7) is 5.42. The third kappa shape index (κ3) is 6.14. The fourth-order valence-corrected chi connectivity index (χ4v) is 1.75. The second kappa shape index (κ2) is 5.90. The largest absolute Gasteiger partial charge is 0.573 e. The number of ether oxygens (including phenoxy) is 1. The lowest BCUT2D eigenvalue weighted by atomic mass is 10.1. The van der Waals surface area contributed by atoms with Gasteiger partial charge in [0.05, 0.1) is 4.47 Å². The Kier molecular flexibility index (Phi) is 4.90. The zero-order valence-electron chi connectivity index (χ0n) is 11.1. The molecule has 1 aromatic carbocycles. The molecule has 0 saturated heterocycles. The molecule has 0 aliphatic heterocycles. The summed E-state index contributed by atoms with van der Waals surface area (Å²) < 4.78 is 40.2. The molecular formula is C12H14BrF3N2O2. The quantitative estimate of drug-likeness (QED) is 0.833. The van der Waals surface area contributed by atoms with Crippen LogP contribution in [0.1, 0.15) is 20.8 Å². The minimum atomic E-state index is -4.76. The van der Waals surface area contributed by atoms with E-state index >= 15 is 0 Å². The van der Waals surface area contributed by atoms with Crippen LogP contribution in [0.15, 0.2) is 22.7 Å². The Morgan fingerprint density at radius 2 is 1.85 bits per heavy atom. The minimum absolute atomic E-state index is 0.0865. The second-order valence-corrected chi connectivity index (χ2v) is 5.88. The second-order valence-electron chi connectivity index (χ2n) is 5.02. The van der Waals surface area contributed by atoms with Gasteiger partial charge in [0.2, 0.25) is 0 Å². The maximum absolute atomic E-state index is 12.1. The van der Waals surface area contributed by atoms with Crippen molar-refractivity contribution >= 4 is 27.6 Å². The summed E-state index contributed by atoms with van der Waals surface area (Å²) in [7, 11) is 0. The number of alkyl halides is 3. The number of urea groups is 1. The third-order valence-corrected chi connectivity index (χ3v) is 2.52. The van der Waals surface area contributed by atoms with Crippen LogP contribution in [0.2, 0.25) is 0 Å². The minimum Gasteiger partial charge on any atom is -0.405 e. The summed E-state index contributed by atoms with van der Waals surface area (Å²) in [6.07, 6.45) is -4.76. The van der Waals surface area contributed by atoms with Gasteiger partial charge in [0.25, 0.3) is 0 Å². The molecule has 0 bridgehead atoms. The summed E-state index contributed by atoms with van der Waals surface area (Å²) in [5.41, 5.74) is -0.0751. The number of amides is 2. The Morgan fingerprint density at radius 3 is 2.30 bits per heavy atom. The monoisotopic (exact) mass is 354 g/mol. The van der Waals surface area contributed by atoms with E-state index in [1.807, 2.05) is 20.8 Å². The van der Waals surface area contributed by atoms with Gasteiger partial charge in [-0.15, -0.1) is 13.2 Å². The zero-order chi connectivity index (χ0) is 15.6. The van der Waals surface area contributed by atoms with E-state index in [1.165, 1.54) is 12.1 Å². The lowest BCUT2D eigenvalue weighted by molar-refractivity contribution is -0.274. The first-order chi connectivity index (χ1) is 8.96. The molecule has 1 aromatic rings. The van der Waals surface area contributed by atoms with Crippen molar-refractivity contribution in [3.05, 3.63) is 22.7 Å². The molecule has 8 heteroatoms. The van der Waals surface area contributed by atoms with Gasteiger partial charge in [-0.3, -0.25) is 0 Å². The lowest BCUT2D eigenvalue weighted by Crippen LogP contribution is -2.43. The Morgan fingerprint density at radius 1 is 1.25 bits per heavy atom. The molecule has 112 valence electrons. The number of anilines is 1. The van der Waals surface area contributed by atoms with Crippen molar-refractivity contribution in [2.24, 2.45) is 0 Å². The topological polar surface area (TPSA) is 50.4 Å². The predicted octanol–water partition coefficient (Wildman–Crippen LogP) is 4.27. The Bertz CT molecular complexity index is 498. The molecule has 0 atom stereocenters. The number of nitrogens with one attached hydrogen (secondary N) is 2. The van der Waals surface area contributed by atoms with Crippen LogP contribution in [0.25, 0.3) is 0 Å². The van der Waals surface area contributed by atoms with E-state index in [-0.39, 0.29) is 10.2 Å². The molecule has 20 heavy (non-hydrogen) atoms. The number of carbonyl (C=O) groups excluding carboxylic acids is 1. The number of benzene rings is 1. The average molecular weight is 355 g/mol. The smallest absolute Gasteiger partial charge is 0.405 e. The van der Waals surface area contributed by atoms with Gasteiger partial charge in [0, 0.05) is 11.2 Å². The Labute approximate surface area is 122 Å². The van der Waals surface area contributed by atoms with Crippen LogP contribution < -0.4 is 15.4 Å². The van der Waals surface area contributed by atoms with Crippen molar-refractivity contribution in [2.45, 2.75) is 32.7 Å². The van der Waals surface area contributed by atoms with Gasteiger partial charge in [-0.05, 0) is 54.9 Å². The van der Waals surface area contributed by atoms with E-state index in [2.05, 4.69) is 31.3 Å². The van der Waals surface area contributed by atoms with Crippen LogP contribution in [-0.4, -0.2) is 17.9 Å². The molecule has 2 N–H and O–H groups in total. The van der Waals surface area contributed by atoms with Crippen LogP contribution in [-0.2, 0) is 0 Å². The SMILES string of the molecule is CC(C)(C)NC(=O)Nc1ccc(OC(F)(F)F)c(Br)c1. The average Bonchev–Trinajstić information content (AvgIpc) is 2.17. The maximum Gasteiger partial charge on any atom is 0.573 e. The van der Waals surface area contributed by atoms with Gasteiger partial charge in [-0.1, -0.05) is 0 Å². The summed E-state index contributed by atoms with van der Waals surface area (Å²) >= 11 is 2.95. The van der Waals surface area contributed by atoms with Gasteiger partial charge in [-0.25, -0.2) is 4.79 Å². The number of rotatable bonds is 2. The number of hydrogen-bond acceptors (Lipinski definition) is 2. The van der Waals surface area contributed by atoms with Crippen LogP contribution in [0.4, 0.5) is 23.7 Å². The number of hydrogen-bond donors (Lipinski definition) is 2. The van der Waals surface area contributed by atoms with Crippen molar-refractivity contribution in [3.63, 3.8) is 0 Å². The van der Waals surface area contributed by atoms with E-state index < -0.39 is 17.9 Å². The molecule has 2 amide bonds. The highest BCUT2D eigenvalue weighted by Crippen LogP contribution is 2.32. The van der Waals surface area contributed by atoms with Gasteiger partial charge in [-0.2, -0.15) is 0 Å². The first-order valence-electron chi connectivity index (χ1n) is 5.61. The van der Waals surface area contributed by atoms with Crippen molar-refractivity contribution in [1.29, 1.82) is 0 Å². The van der Waals surface area contributed by atoms with Gasteiger partial charge in [0.1, 0.15) is 5.75 Å². The molecule has 0 aliphatic carbocycles. The summed E-state index contributed by atoms with van der Waals surface area (Å²) in [5.74, 6) is -0.376. The molecule has 0 spiro atoms. The van der Waals surface area contributed by atoms with Gasteiger partial charge in [0.15, 0.2) is 0 Å². The zero-order valence-corrected chi connectivity index (χ0v) is 12.6. The molecule has 1 rings (SSSR count). The molecule has 0 aliphatic rings. The third-order valence-electron chi connectivity index (χ3n) is 1.90. The molecule has 0 unspecified atom stereocenters. The van der Waals surface area contributed by atoms with Gasteiger partial charge >= 0.3 is 12.4 Å². The highest BCUT2D eigenvalue weighted by molar-refractivity contribution is 9.10. The van der Waals surface area contributed by atoms with E-state index in [9.17, 15) is 18.0 Å². The van der Waals surface area contributed by atoms with Crippen molar-refractivity contribution in [2.75, 3.05) is 5.32 Å². The molecular weight excluding hydrogens is 341 g/mol. The predicted molar refractivity (Wildman–Crippen MR) is 72.7 cm³/mol. The first kappa shape index (κ1) is 16.6. The standard InChI is InChI=1S/C12H14BrF3N2O2/c1-11(2,3)18-10(19)17-7-4-5-9(8(13)6-7)20-12(14,15)16/h4-6H,1-3H3,(H2,17,18,19). The van der Waals surface area contributed by atoms with Crippen LogP contribution in [0.5, 0.6) is 5.75 Å². The lowest BCUT2D eigenvalue weighted by Gasteiger charge is -2.21. The van der Waals surface area contributed by atoms with E-state index in [1.54, 1.807) is 0 Å².